The molecule has 3 rings (SSSR count). The van der Waals surface area contributed by atoms with Crippen LogP contribution in [-0.2, 0) is 9.59 Å². The minimum absolute atomic E-state index is 0.0711. The maximum Gasteiger partial charge on any atom is 0.227 e. The number of benzene rings is 1. The van der Waals surface area contributed by atoms with Gasteiger partial charge in [0, 0.05) is 31.6 Å². The largest absolute Gasteiger partial charge is 0.496 e. The zero-order chi connectivity index (χ0) is 18.0. The van der Waals surface area contributed by atoms with Crippen molar-refractivity contribution in [2.24, 2.45) is 11.8 Å². The van der Waals surface area contributed by atoms with Gasteiger partial charge in [0.15, 0.2) is 0 Å². The second-order valence-electron chi connectivity index (χ2n) is 7.26. The maximum atomic E-state index is 13.0. The van der Waals surface area contributed by atoms with Gasteiger partial charge in [-0.25, -0.2) is 0 Å². The van der Waals surface area contributed by atoms with Gasteiger partial charge in [0.2, 0.25) is 11.8 Å². The summed E-state index contributed by atoms with van der Waals surface area (Å²) >= 11 is 0. The summed E-state index contributed by atoms with van der Waals surface area (Å²) in [5.41, 5.74) is 1.00. The highest BCUT2D eigenvalue weighted by atomic mass is 16.5. The molecule has 136 valence electrons. The van der Waals surface area contributed by atoms with Gasteiger partial charge in [0.1, 0.15) is 5.75 Å². The number of rotatable bonds is 5. The Kier molecular flexibility index (Phi) is 5.30. The van der Waals surface area contributed by atoms with Crippen molar-refractivity contribution in [3.63, 3.8) is 0 Å². The van der Waals surface area contributed by atoms with Gasteiger partial charge in [-0.2, -0.15) is 0 Å². The molecule has 1 aromatic carbocycles. The first-order valence-electron chi connectivity index (χ1n) is 9.21. The Morgan fingerprint density at radius 2 is 1.92 bits per heavy atom. The Morgan fingerprint density at radius 1 is 1.20 bits per heavy atom. The number of carbonyl (C=O) groups excluding carboxylic acids is 2. The van der Waals surface area contributed by atoms with E-state index in [1.165, 1.54) is 0 Å². The molecule has 1 aliphatic heterocycles. The molecule has 2 atom stereocenters. The van der Waals surface area contributed by atoms with Gasteiger partial charge in [-0.3, -0.25) is 9.59 Å². The second kappa shape index (κ2) is 7.46. The molecule has 1 heterocycles. The van der Waals surface area contributed by atoms with Crippen LogP contribution in [0.3, 0.4) is 0 Å². The SMILES string of the molecule is COc1ccccc1[C@@H](C)N(C)C(=O)[C@@H]1CCCN(C(=O)C2CC2)C1. The summed E-state index contributed by atoms with van der Waals surface area (Å²) in [6.07, 6.45) is 3.79. The molecule has 0 unspecified atom stereocenters. The molecule has 0 bridgehead atoms. The molecule has 5 nitrogen and oxygen atoms in total. The van der Waals surface area contributed by atoms with E-state index in [-0.39, 0.29) is 29.7 Å². The monoisotopic (exact) mass is 344 g/mol. The van der Waals surface area contributed by atoms with E-state index in [0.29, 0.717) is 6.54 Å². The first-order valence-corrected chi connectivity index (χ1v) is 9.21. The summed E-state index contributed by atoms with van der Waals surface area (Å²) in [5.74, 6) is 1.28. The fraction of sp³-hybridized carbons (Fsp3) is 0.600. The highest BCUT2D eigenvalue weighted by Gasteiger charge is 2.37. The minimum atomic E-state index is -0.0985. The van der Waals surface area contributed by atoms with E-state index in [9.17, 15) is 9.59 Å². The van der Waals surface area contributed by atoms with Crippen molar-refractivity contribution in [2.45, 2.75) is 38.6 Å². The molecule has 0 radical (unpaired) electrons. The fourth-order valence-corrected chi connectivity index (χ4v) is 3.67. The number of hydrogen-bond donors (Lipinski definition) is 0. The lowest BCUT2D eigenvalue weighted by Crippen LogP contribution is -2.46. The standard InChI is InChI=1S/C20H28N2O3/c1-14(17-8-4-5-9-18(17)25-3)21(2)19(23)16-7-6-12-22(13-16)20(24)15-10-11-15/h4-5,8-9,14-16H,6-7,10-13H2,1-3H3/t14-,16-/m1/s1. The summed E-state index contributed by atoms with van der Waals surface area (Å²) < 4.78 is 5.43. The van der Waals surface area contributed by atoms with Crippen LogP contribution in [0.1, 0.15) is 44.2 Å². The molecule has 1 aromatic rings. The summed E-state index contributed by atoms with van der Waals surface area (Å²) in [4.78, 5) is 29.0. The molecule has 25 heavy (non-hydrogen) atoms. The molecule has 0 spiro atoms. The van der Waals surface area contributed by atoms with Gasteiger partial charge in [-0.05, 0) is 38.7 Å². The predicted octanol–water partition coefficient (Wildman–Crippen LogP) is 2.86. The van der Waals surface area contributed by atoms with Crippen LogP contribution in [0.2, 0.25) is 0 Å². The third kappa shape index (κ3) is 3.80. The number of methoxy groups -OCH3 is 1. The first-order chi connectivity index (χ1) is 12.0. The van der Waals surface area contributed by atoms with Crippen LogP contribution < -0.4 is 4.74 Å². The number of carbonyl (C=O) groups is 2. The average molecular weight is 344 g/mol. The molecule has 2 aliphatic rings. The van der Waals surface area contributed by atoms with Gasteiger partial charge in [0.25, 0.3) is 0 Å². The van der Waals surface area contributed by atoms with Crippen molar-refractivity contribution in [3.8, 4) is 5.75 Å². The molecule has 5 heteroatoms. The smallest absolute Gasteiger partial charge is 0.227 e. The normalized spacial score (nSPS) is 21.6. The van der Waals surface area contributed by atoms with Crippen LogP contribution in [0.5, 0.6) is 5.75 Å². The number of ether oxygens (including phenoxy) is 1. The van der Waals surface area contributed by atoms with Crippen LogP contribution in [-0.4, -0.2) is 48.9 Å². The number of para-hydroxylation sites is 1. The summed E-state index contributed by atoms with van der Waals surface area (Å²) in [6, 6.07) is 7.73. The van der Waals surface area contributed by atoms with E-state index < -0.39 is 0 Å². The van der Waals surface area contributed by atoms with Crippen LogP contribution >= 0.6 is 0 Å². The first kappa shape index (κ1) is 17.8. The van der Waals surface area contributed by atoms with Crippen molar-refractivity contribution in [1.82, 2.24) is 9.80 Å². The van der Waals surface area contributed by atoms with E-state index in [1.54, 1.807) is 12.0 Å². The zero-order valence-electron chi connectivity index (χ0n) is 15.4. The van der Waals surface area contributed by atoms with Crippen molar-refractivity contribution in [2.75, 3.05) is 27.2 Å². The predicted molar refractivity (Wildman–Crippen MR) is 96.2 cm³/mol. The van der Waals surface area contributed by atoms with Gasteiger partial charge < -0.3 is 14.5 Å². The van der Waals surface area contributed by atoms with E-state index in [2.05, 4.69) is 0 Å². The molecule has 1 saturated heterocycles. The van der Waals surface area contributed by atoms with E-state index in [0.717, 1.165) is 43.5 Å². The Hall–Kier alpha value is -2.04. The molecule has 1 saturated carbocycles. The lowest BCUT2D eigenvalue weighted by atomic mass is 9.95. The number of nitrogens with zero attached hydrogens (tertiary/aromatic N) is 2. The molecular weight excluding hydrogens is 316 g/mol. The Labute approximate surface area is 149 Å². The number of amides is 2. The molecule has 0 N–H and O–H groups in total. The molecular formula is C20H28N2O3. The highest BCUT2D eigenvalue weighted by molar-refractivity contribution is 5.83. The molecule has 2 amide bonds. The number of piperidine rings is 1. The van der Waals surface area contributed by atoms with Gasteiger partial charge in [-0.15, -0.1) is 0 Å². The van der Waals surface area contributed by atoms with Crippen molar-refractivity contribution in [3.05, 3.63) is 29.8 Å². The third-order valence-electron chi connectivity index (χ3n) is 5.53. The number of hydrogen-bond acceptors (Lipinski definition) is 3. The van der Waals surface area contributed by atoms with Crippen LogP contribution in [0.15, 0.2) is 24.3 Å². The highest BCUT2D eigenvalue weighted by Crippen LogP contribution is 2.34. The lowest BCUT2D eigenvalue weighted by molar-refractivity contribution is -0.141. The summed E-state index contributed by atoms with van der Waals surface area (Å²) in [7, 11) is 3.50. The third-order valence-corrected chi connectivity index (χ3v) is 5.53. The Balaban J connectivity index is 1.67. The maximum absolute atomic E-state index is 13.0. The van der Waals surface area contributed by atoms with Crippen LogP contribution in [0, 0.1) is 11.8 Å². The van der Waals surface area contributed by atoms with Gasteiger partial charge in [0.05, 0.1) is 19.1 Å². The zero-order valence-corrected chi connectivity index (χ0v) is 15.4. The molecule has 0 aromatic heterocycles. The summed E-state index contributed by atoms with van der Waals surface area (Å²) in [6.45, 7) is 3.38. The van der Waals surface area contributed by atoms with Gasteiger partial charge >= 0.3 is 0 Å². The minimum Gasteiger partial charge on any atom is -0.496 e. The average Bonchev–Trinajstić information content (AvgIpc) is 3.51. The van der Waals surface area contributed by atoms with E-state index in [4.69, 9.17) is 4.74 Å². The molecule has 2 fully saturated rings. The number of likely N-dealkylation sites (tertiary alicyclic amines) is 1. The van der Waals surface area contributed by atoms with E-state index in [1.807, 2.05) is 43.1 Å². The van der Waals surface area contributed by atoms with Crippen molar-refractivity contribution >= 4 is 11.8 Å². The van der Waals surface area contributed by atoms with Gasteiger partial charge in [-0.1, -0.05) is 18.2 Å². The van der Waals surface area contributed by atoms with Crippen molar-refractivity contribution in [1.29, 1.82) is 0 Å². The fourth-order valence-electron chi connectivity index (χ4n) is 3.67. The lowest BCUT2D eigenvalue weighted by Gasteiger charge is -2.36. The van der Waals surface area contributed by atoms with E-state index >= 15 is 0 Å². The topological polar surface area (TPSA) is 49.9 Å². The van der Waals surface area contributed by atoms with Crippen molar-refractivity contribution < 1.29 is 14.3 Å². The summed E-state index contributed by atoms with van der Waals surface area (Å²) in [5, 5.41) is 0. The molecule has 1 aliphatic carbocycles. The quantitative estimate of drug-likeness (QED) is 0.825. The van der Waals surface area contributed by atoms with Crippen LogP contribution in [0.25, 0.3) is 0 Å². The Morgan fingerprint density at radius 3 is 2.60 bits per heavy atom. The second-order valence-corrected chi connectivity index (χ2v) is 7.26. The van der Waals surface area contributed by atoms with Crippen LogP contribution in [0.4, 0.5) is 0 Å². The Bertz CT molecular complexity index is 642.